The largest absolute Gasteiger partial charge is 0.397 e. The SMILES string of the molecule is CN(Cc1n[nH]c2c1CCCCC2)C(=O)c1ccc(-c2cncc(N)c2)cc1. The molecule has 4 rings (SSSR count). The van der Waals surface area contributed by atoms with E-state index in [1.54, 1.807) is 17.3 Å². The van der Waals surface area contributed by atoms with Gasteiger partial charge in [-0.05, 0) is 55.0 Å². The van der Waals surface area contributed by atoms with Gasteiger partial charge in [0.2, 0.25) is 0 Å². The predicted octanol–water partition coefficient (Wildman–Crippen LogP) is 3.60. The summed E-state index contributed by atoms with van der Waals surface area (Å²) in [6, 6.07) is 9.43. The second-order valence-electron chi connectivity index (χ2n) is 7.43. The van der Waals surface area contributed by atoms with Crippen molar-refractivity contribution in [3.63, 3.8) is 0 Å². The lowest BCUT2D eigenvalue weighted by Crippen LogP contribution is -2.26. The molecule has 0 bridgehead atoms. The van der Waals surface area contributed by atoms with E-state index in [4.69, 9.17) is 5.73 Å². The van der Waals surface area contributed by atoms with Gasteiger partial charge in [0.25, 0.3) is 5.91 Å². The first kappa shape index (κ1) is 18.2. The van der Waals surface area contributed by atoms with Crippen LogP contribution in [0, 0.1) is 0 Å². The summed E-state index contributed by atoms with van der Waals surface area (Å²) in [6.45, 7) is 0.519. The molecule has 0 radical (unpaired) electrons. The molecule has 0 fully saturated rings. The third-order valence-electron chi connectivity index (χ3n) is 5.35. The molecule has 144 valence electrons. The van der Waals surface area contributed by atoms with Crippen LogP contribution < -0.4 is 5.73 Å². The highest BCUT2D eigenvalue weighted by atomic mass is 16.2. The van der Waals surface area contributed by atoms with Crippen LogP contribution in [-0.2, 0) is 19.4 Å². The number of nitrogens with zero attached hydrogens (tertiary/aromatic N) is 3. The molecule has 3 aromatic rings. The molecule has 0 spiro atoms. The zero-order valence-electron chi connectivity index (χ0n) is 16.1. The van der Waals surface area contributed by atoms with Gasteiger partial charge in [-0.2, -0.15) is 5.10 Å². The molecule has 0 saturated carbocycles. The van der Waals surface area contributed by atoms with Crippen LogP contribution in [0.15, 0.2) is 42.7 Å². The number of H-pyrrole nitrogens is 1. The summed E-state index contributed by atoms with van der Waals surface area (Å²) in [5.74, 6) is -0.0115. The lowest BCUT2D eigenvalue weighted by molar-refractivity contribution is 0.0783. The maximum atomic E-state index is 12.9. The normalized spacial score (nSPS) is 13.6. The zero-order chi connectivity index (χ0) is 19.5. The van der Waals surface area contributed by atoms with Crippen molar-refractivity contribution in [3.8, 4) is 11.1 Å². The molecule has 6 heteroatoms. The fraction of sp³-hybridized carbons (Fsp3) is 0.318. The molecule has 2 heterocycles. The number of aromatic nitrogens is 3. The summed E-state index contributed by atoms with van der Waals surface area (Å²) in [4.78, 5) is 18.7. The standard InChI is InChI=1S/C22H25N5O/c1-27(14-21-19-5-3-2-4-6-20(19)25-26-21)22(28)16-9-7-15(8-10-16)17-11-18(23)13-24-12-17/h7-13H,2-6,14,23H2,1H3,(H,25,26). The first-order valence-electron chi connectivity index (χ1n) is 9.73. The molecule has 0 aliphatic heterocycles. The number of hydrogen-bond donors (Lipinski definition) is 2. The highest BCUT2D eigenvalue weighted by molar-refractivity contribution is 5.94. The quantitative estimate of drug-likeness (QED) is 0.682. The van der Waals surface area contributed by atoms with Gasteiger partial charge in [0, 0.05) is 36.3 Å². The molecule has 6 nitrogen and oxygen atoms in total. The monoisotopic (exact) mass is 375 g/mol. The first-order valence-corrected chi connectivity index (χ1v) is 9.73. The van der Waals surface area contributed by atoms with E-state index in [0.717, 1.165) is 29.7 Å². The average molecular weight is 375 g/mol. The summed E-state index contributed by atoms with van der Waals surface area (Å²) in [6.07, 6.45) is 9.14. The number of amides is 1. The smallest absolute Gasteiger partial charge is 0.253 e. The average Bonchev–Trinajstić information content (AvgIpc) is 2.93. The summed E-state index contributed by atoms with van der Waals surface area (Å²) in [7, 11) is 1.83. The summed E-state index contributed by atoms with van der Waals surface area (Å²) in [5.41, 5.74) is 12.5. The molecule has 3 N–H and O–H groups in total. The Hall–Kier alpha value is -3.15. The second-order valence-corrected chi connectivity index (χ2v) is 7.43. The predicted molar refractivity (Wildman–Crippen MR) is 110 cm³/mol. The third-order valence-corrected chi connectivity index (χ3v) is 5.35. The number of rotatable bonds is 4. The van der Waals surface area contributed by atoms with Gasteiger partial charge in [-0.25, -0.2) is 0 Å². The van der Waals surface area contributed by atoms with Crippen LogP contribution >= 0.6 is 0 Å². The lowest BCUT2D eigenvalue weighted by atomic mass is 10.0. The van der Waals surface area contributed by atoms with Crippen molar-refractivity contribution >= 4 is 11.6 Å². The van der Waals surface area contributed by atoms with E-state index in [2.05, 4.69) is 15.2 Å². The Labute approximate surface area is 164 Å². The number of aromatic amines is 1. The fourth-order valence-corrected chi connectivity index (χ4v) is 3.79. The van der Waals surface area contributed by atoms with Crippen LogP contribution in [0.2, 0.25) is 0 Å². The van der Waals surface area contributed by atoms with Crippen LogP contribution in [0.5, 0.6) is 0 Å². The van der Waals surface area contributed by atoms with Crippen LogP contribution in [-0.4, -0.2) is 33.0 Å². The number of nitrogens with one attached hydrogen (secondary N) is 1. The molecule has 1 aromatic carbocycles. The number of nitrogens with two attached hydrogens (primary N) is 1. The zero-order valence-corrected chi connectivity index (χ0v) is 16.1. The van der Waals surface area contributed by atoms with Gasteiger partial charge in [0.05, 0.1) is 17.9 Å². The van der Waals surface area contributed by atoms with Crippen LogP contribution in [0.1, 0.15) is 46.6 Å². The Kier molecular flexibility index (Phi) is 5.10. The van der Waals surface area contributed by atoms with Gasteiger partial charge in [-0.3, -0.25) is 14.9 Å². The van der Waals surface area contributed by atoms with Gasteiger partial charge >= 0.3 is 0 Å². The van der Waals surface area contributed by atoms with Crippen molar-refractivity contribution in [1.82, 2.24) is 20.1 Å². The van der Waals surface area contributed by atoms with E-state index in [1.165, 1.54) is 30.5 Å². The van der Waals surface area contributed by atoms with E-state index in [9.17, 15) is 4.79 Å². The van der Waals surface area contributed by atoms with Gasteiger partial charge in [0.15, 0.2) is 0 Å². The first-order chi connectivity index (χ1) is 13.6. The van der Waals surface area contributed by atoms with Gasteiger partial charge in [-0.1, -0.05) is 18.6 Å². The van der Waals surface area contributed by atoms with Crippen LogP contribution in [0.4, 0.5) is 5.69 Å². The van der Waals surface area contributed by atoms with E-state index < -0.39 is 0 Å². The van der Waals surface area contributed by atoms with Crippen molar-refractivity contribution < 1.29 is 4.79 Å². The summed E-state index contributed by atoms with van der Waals surface area (Å²) >= 11 is 0. The Balaban J connectivity index is 1.48. The number of fused-ring (bicyclic) bond motifs is 1. The van der Waals surface area contributed by atoms with Gasteiger partial charge in [-0.15, -0.1) is 0 Å². The number of pyridine rings is 1. The van der Waals surface area contributed by atoms with Gasteiger partial charge < -0.3 is 10.6 Å². The molecule has 0 atom stereocenters. The summed E-state index contributed by atoms with van der Waals surface area (Å²) < 4.78 is 0. The minimum absolute atomic E-state index is 0.0115. The summed E-state index contributed by atoms with van der Waals surface area (Å²) in [5, 5.41) is 7.66. The fourth-order valence-electron chi connectivity index (χ4n) is 3.79. The maximum absolute atomic E-state index is 12.9. The third kappa shape index (κ3) is 3.76. The topological polar surface area (TPSA) is 87.9 Å². The Morgan fingerprint density at radius 3 is 2.68 bits per heavy atom. The van der Waals surface area contributed by atoms with Crippen LogP contribution in [0.3, 0.4) is 0 Å². The molecular weight excluding hydrogens is 350 g/mol. The molecule has 0 saturated heterocycles. The maximum Gasteiger partial charge on any atom is 0.253 e. The number of carbonyl (C=O) groups excluding carboxylic acids is 1. The van der Waals surface area contributed by atoms with Crippen molar-refractivity contribution in [1.29, 1.82) is 0 Å². The molecule has 28 heavy (non-hydrogen) atoms. The number of nitrogen functional groups attached to an aromatic ring is 1. The number of hydrogen-bond acceptors (Lipinski definition) is 4. The van der Waals surface area contributed by atoms with E-state index >= 15 is 0 Å². The van der Waals surface area contributed by atoms with Crippen molar-refractivity contribution in [2.45, 2.75) is 38.6 Å². The van der Waals surface area contributed by atoms with E-state index in [0.29, 0.717) is 17.8 Å². The molecule has 0 unspecified atom stereocenters. The van der Waals surface area contributed by atoms with Crippen molar-refractivity contribution in [3.05, 3.63) is 65.2 Å². The molecule has 1 amide bonds. The van der Waals surface area contributed by atoms with Crippen LogP contribution in [0.25, 0.3) is 11.1 Å². The van der Waals surface area contributed by atoms with Gasteiger partial charge in [0.1, 0.15) is 0 Å². The Morgan fingerprint density at radius 2 is 1.89 bits per heavy atom. The molecule has 1 aliphatic rings. The highest BCUT2D eigenvalue weighted by Crippen LogP contribution is 2.24. The Morgan fingerprint density at radius 1 is 1.11 bits per heavy atom. The van der Waals surface area contributed by atoms with Crippen molar-refractivity contribution in [2.75, 3.05) is 12.8 Å². The highest BCUT2D eigenvalue weighted by Gasteiger charge is 2.19. The molecule has 1 aliphatic carbocycles. The second kappa shape index (κ2) is 7.84. The minimum atomic E-state index is -0.0115. The van der Waals surface area contributed by atoms with E-state index in [1.807, 2.05) is 37.4 Å². The number of carbonyl (C=O) groups is 1. The molecule has 2 aromatic heterocycles. The molecular formula is C22H25N5O. The number of benzene rings is 1. The number of anilines is 1. The van der Waals surface area contributed by atoms with E-state index in [-0.39, 0.29) is 5.91 Å². The Bertz CT molecular complexity index is 977. The number of aryl methyl sites for hydroxylation is 1. The van der Waals surface area contributed by atoms with Crippen molar-refractivity contribution in [2.24, 2.45) is 0 Å². The lowest BCUT2D eigenvalue weighted by Gasteiger charge is -2.17. The minimum Gasteiger partial charge on any atom is -0.397 e.